The lowest BCUT2D eigenvalue weighted by Crippen LogP contribution is -2.44. The third kappa shape index (κ3) is 5.50. The van der Waals surface area contributed by atoms with Crippen molar-refractivity contribution in [2.24, 2.45) is 5.41 Å². The maximum atomic E-state index is 13.8. The molecule has 2 aromatic carbocycles. The van der Waals surface area contributed by atoms with Crippen LogP contribution in [0.3, 0.4) is 0 Å². The summed E-state index contributed by atoms with van der Waals surface area (Å²) in [5.74, 6) is -1.02. The molecule has 2 aliphatic carbocycles. The van der Waals surface area contributed by atoms with Gasteiger partial charge in [0, 0.05) is 25.0 Å². The number of benzene rings is 2. The Bertz CT molecular complexity index is 1470. The summed E-state index contributed by atoms with van der Waals surface area (Å²) < 4.78 is 11.6. The second-order valence-electron chi connectivity index (χ2n) is 12.6. The van der Waals surface area contributed by atoms with Crippen molar-refractivity contribution < 1.29 is 29.0 Å². The molecule has 0 bridgehead atoms. The second-order valence-corrected chi connectivity index (χ2v) is 13.5. The molecule has 220 valence electrons. The molecule has 42 heavy (non-hydrogen) atoms. The fourth-order valence-corrected chi connectivity index (χ4v) is 7.25. The Morgan fingerprint density at radius 3 is 2.21 bits per heavy atom. The van der Waals surface area contributed by atoms with Gasteiger partial charge in [0.1, 0.15) is 17.1 Å². The van der Waals surface area contributed by atoms with E-state index in [1.807, 2.05) is 45.0 Å². The fourth-order valence-electron chi connectivity index (χ4n) is 6.51. The first-order valence-corrected chi connectivity index (χ1v) is 15.3. The fraction of sp³-hybridized carbons (Fsp3) is 0.424. The highest BCUT2D eigenvalue weighted by Gasteiger charge is 2.59. The van der Waals surface area contributed by atoms with Crippen LogP contribution in [0.5, 0.6) is 0 Å². The molecule has 1 saturated heterocycles. The highest BCUT2D eigenvalue weighted by molar-refractivity contribution is 7.12. The molecule has 3 aliphatic rings. The van der Waals surface area contributed by atoms with Crippen LogP contribution in [-0.4, -0.2) is 64.4 Å². The molecule has 1 atom stereocenters. The maximum absolute atomic E-state index is 13.8. The number of aromatic carboxylic acids is 1. The Kier molecular flexibility index (Phi) is 7.25. The number of thiophene rings is 1. The monoisotopic (exact) mass is 588 g/mol. The van der Waals surface area contributed by atoms with Gasteiger partial charge in [-0.25, -0.2) is 14.4 Å². The molecule has 6 rings (SSSR count). The highest BCUT2D eigenvalue weighted by atomic mass is 32.1. The lowest BCUT2D eigenvalue weighted by atomic mass is 9.92. The molecule has 1 saturated carbocycles. The summed E-state index contributed by atoms with van der Waals surface area (Å²) in [6.07, 6.45) is 1.68. The van der Waals surface area contributed by atoms with Crippen molar-refractivity contribution in [2.75, 3.05) is 19.7 Å². The van der Waals surface area contributed by atoms with Gasteiger partial charge in [0.15, 0.2) is 0 Å². The van der Waals surface area contributed by atoms with Gasteiger partial charge in [0.2, 0.25) is 0 Å². The lowest BCUT2D eigenvalue weighted by Gasteiger charge is -2.35. The van der Waals surface area contributed by atoms with Gasteiger partial charge in [-0.1, -0.05) is 48.5 Å². The zero-order valence-corrected chi connectivity index (χ0v) is 25.0. The molecule has 2 fully saturated rings. The summed E-state index contributed by atoms with van der Waals surface area (Å²) >= 11 is 1.16. The largest absolute Gasteiger partial charge is 0.477 e. The number of carbonyl (C=O) groups excluding carboxylic acids is 2. The van der Waals surface area contributed by atoms with Crippen molar-refractivity contribution in [1.82, 2.24) is 9.80 Å². The van der Waals surface area contributed by atoms with Gasteiger partial charge >= 0.3 is 18.2 Å². The van der Waals surface area contributed by atoms with E-state index in [0.29, 0.717) is 13.1 Å². The molecule has 1 aromatic heterocycles. The quantitative estimate of drug-likeness (QED) is 0.334. The summed E-state index contributed by atoms with van der Waals surface area (Å²) in [5, 5.41) is 11.2. The molecule has 2 heterocycles. The number of amides is 2. The van der Waals surface area contributed by atoms with E-state index < -0.39 is 17.7 Å². The predicted molar refractivity (Wildman–Crippen MR) is 160 cm³/mol. The molecular formula is C33H36N2O6S. The normalized spacial score (nSPS) is 18.7. The zero-order valence-electron chi connectivity index (χ0n) is 24.2. The molecule has 0 radical (unpaired) electrons. The molecule has 1 spiro atoms. The van der Waals surface area contributed by atoms with Gasteiger partial charge in [-0.05, 0) is 84.7 Å². The Hall–Kier alpha value is -3.85. The van der Waals surface area contributed by atoms with Crippen LogP contribution in [0, 0.1) is 5.41 Å². The second kappa shape index (κ2) is 10.8. The zero-order chi connectivity index (χ0) is 29.6. The average Bonchev–Trinajstić information content (AvgIpc) is 3.29. The van der Waals surface area contributed by atoms with E-state index in [9.17, 15) is 19.5 Å². The van der Waals surface area contributed by atoms with Crippen LogP contribution in [0.1, 0.15) is 72.3 Å². The van der Waals surface area contributed by atoms with Gasteiger partial charge in [0.05, 0.1) is 6.54 Å². The van der Waals surface area contributed by atoms with E-state index >= 15 is 0 Å². The van der Waals surface area contributed by atoms with Crippen molar-refractivity contribution in [3.63, 3.8) is 0 Å². The molecule has 3 aromatic rings. The molecule has 2 amide bonds. The number of ether oxygens (including phenoxy) is 2. The summed E-state index contributed by atoms with van der Waals surface area (Å²) in [4.78, 5) is 41.7. The number of nitrogens with zero attached hydrogens (tertiary/aromatic N) is 2. The molecular weight excluding hydrogens is 552 g/mol. The lowest BCUT2D eigenvalue weighted by molar-refractivity contribution is 0.0151. The Morgan fingerprint density at radius 2 is 1.64 bits per heavy atom. The number of fused-ring (bicyclic) bond motifs is 3. The molecule has 9 heteroatoms. The SMILES string of the molecule is CC(C)(C)OC(=O)N1CCC2(CC1)CC2N(Cc1csc(C(=O)O)c1)C(=O)OCC1c2ccccc2-c2ccccc21. The van der Waals surface area contributed by atoms with E-state index in [4.69, 9.17) is 9.47 Å². The van der Waals surface area contributed by atoms with E-state index in [2.05, 4.69) is 24.3 Å². The number of carbonyl (C=O) groups is 3. The number of likely N-dealkylation sites (tertiary alicyclic amines) is 1. The minimum absolute atomic E-state index is 0.0397. The number of hydrogen-bond acceptors (Lipinski definition) is 6. The number of carboxylic acids is 1. The summed E-state index contributed by atoms with van der Waals surface area (Å²) in [6.45, 7) is 7.23. The number of piperidine rings is 1. The van der Waals surface area contributed by atoms with E-state index in [-0.39, 0.29) is 41.5 Å². The molecule has 1 N–H and O–H groups in total. The summed E-state index contributed by atoms with van der Waals surface area (Å²) in [7, 11) is 0. The molecule has 1 unspecified atom stereocenters. The highest BCUT2D eigenvalue weighted by Crippen LogP contribution is 2.57. The van der Waals surface area contributed by atoms with E-state index in [1.54, 1.807) is 21.2 Å². The number of rotatable bonds is 6. The van der Waals surface area contributed by atoms with Crippen LogP contribution in [-0.2, 0) is 16.0 Å². The standard InChI is InChI=1S/C33H36N2O6S/c1-32(2,3)41-30(38)34-14-12-33(13-15-34)17-28(33)35(18-21-16-27(29(36)37)42-20-21)31(39)40-19-26-24-10-6-4-8-22(24)23-9-5-7-11-25(23)26/h4-11,16,20,26,28H,12-15,17-19H2,1-3H3,(H,36,37). The van der Waals surface area contributed by atoms with Gasteiger partial charge in [0.25, 0.3) is 0 Å². The first kappa shape index (κ1) is 28.3. The first-order valence-electron chi connectivity index (χ1n) is 14.4. The van der Waals surface area contributed by atoms with E-state index in [0.717, 1.165) is 47.3 Å². The van der Waals surface area contributed by atoms with Gasteiger partial charge < -0.3 is 24.4 Å². The third-order valence-electron chi connectivity index (χ3n) is 8.72. The Morgan fingerprint density at radius 1 is 1.02 bits per heavy atom. The minimum atomic E-state index is -0.976. The van der Waals surface area contributed by atoms with Gasteiger partial charge in [-0.3, -0.25) is 0 Å². The van der Waals surface area contributed by atoms with E-state index in [1.165, 1.54) is 11.1 Å². The van der Waals surface area contributed by atoms with Crippen LogP contribution >= 0.6 is 11.3 Å². The minimum Gasteiger partial charge on any atom is -0.477 e. The smallest absolute Gasteiger partial charge is 0.410 e. The molecule has 8 nitrogen and oxygen atoms in total. The van der Waals surface area contributed by atoms with Crippen LogP contribution in [0.2, 0.25) is 0 Å². The van der Waals surface area contributed by atoms with Crippen molar-refractivity contribution in [2.45, 2.75) is 64.1 Å². The number of carboxylic acid groups (broad SMARTS) is 1. The van der Waals surface area contributed by atoms with Crippen LogP contribution in [0.25, 0.3) is 11.1 Å². The summed E-state index contributed by atoms with van der Waals surface area (Å²) in [6, 6.07) is 18.1. The predicted octanol–water partition coefficient (Wildman–Crippen LogP) is 6.99. The first-order chi connectivity index (χ1) is 20.0. The van der Waals surface area contributed by atoms with Gasteiger partial charge in [-0.2, -0.15) is 0 Å². The van der Waals surface area contributed by atoms with Gasteiger partial charge in [-0.15, -0.1) is 11.3 Å². The van der Waals surface area contributed by atoms with Crippen LogP contribution in [0.15, 0.2) is 60.0 Å². The van der Waals surface area contributed by atoms with Crippen molar-refractivity contribution in [3.8, 4) is 11.1 Å². The van der Waals surface area contributed by atoms with Crippen molar-refractivity contribution >= 4 is 29.5 Å². The summed E-state index contributed by atoms with van der Waals surface area (Å²) in [5.41, 5.74) is 4.78. The third-order valence-corrected chi connectivity index (χ3v) is 9.69. The Labute approximate surface area is 249 Å². The van der Waals surface area contributed by atoms with Crippen molar-refractivity contribution in [1.29, 1.82) is 0 Å². The van der Waals surface area contributed by atoms with Crippen LogP contribution < -0.4 is 0 Å². The average molecular weight is 589 g/mol. The topological polar surface area (TPSA) is 96.4 Å². The Balaban J connectivity index is 1.18. The van der Waals surface area contributed by atoms with Crippen molar-refractivity contribution in [3.05, 3.63) is 81.5 Å². The maximum Gasteiger partial charge on any atom is 0.410 e. The molecule has 1 aliphatic heterocycles. The van der Waals surface area contributed by atoms with Crippen LogP contribution in [0.4, 0.5) is 9.59 Å². The number of hydrogen-bond donors (Lipinski definition) is 1.